The summed E-state index contributed by atoms with van der Waals surface area (Å²) >= 11 is 8.94. The van der Waals surface area contributed by atoms with Crippen LogP contribution in [-0.4, -0.2) is 4.98 Å². The summed E-state index contributed by atoms with van der Waals surface area (Å²) in [5.41, 5.74) is 0. The minimum Gasteiger partial charge on any atom is -0.237 e. The molecule has 0 fully saturated rings. The lowest BCUT2D eigenvalue weighted by Gasteiger charge is -1.77. The number of nitrogens with zero attached hydrogens (tertiary/aromatic N) is 1. The molecule has 1 aromatic rings. The second-order valence-corrected chi connectivity index (χ2v) is 3.95. The third-order valence-corrected chi connectivity index (χ3v) is 2.71. The van der Waals surface area contributed by atoms with Crippen LogP contribution in [0.2, 0.25) is 0 Å². The summed E-state index contributed by atoms with van der Waals surface area (Å²) in [4.78, 5) is 5.17. The molecule has 1 heterocycles. The van der Waals surface area contributed by atoms with E-state index in [1.807, 2.05) is 6.20 Å². The zero-order chi connectivity index (χ0) is 5.98. The fourth-order valence-electron chi connectivity index (χ4n) is 0.357. The van der Waals surface area contributed by atoms with E-state index < -0.39 is 0 Å². The summed E-state index contributed by atoms with van der Waals surface area (Å²) in [7, 11) is 0. The van der Waals surface area contributed by atoms with Crippen LogP contribution in [0.3, 0.4) is 0 Å². The molecule has 0 aromatic carbocycles. The summed E-state index contributed by atoms with van der Waals surface area (Å²) in [6.45, 7) is 0. The molecule has 0 saturated carbocycles. The number of aromatic nitrogens is 1. The normalized spacial score (nSPS) is 9.75. The number of thiazole rings is 1. The standard InChI is InChI=1S/C4H4BrNS2/c5-4-6-1-3(2-7)8-4/h1,7H,2H2. The molecule has 0 amide bonds. The average molecular weight is 210 g/mol. The molecule has 0 aliphatic rings. The number of halogens is 1. The molecule has 0 saturated heterocycles. The quantitative estimate of drug-likeness (QED) is 0.702. The molecule has 0 atom stereocenters. The van der Waals surface area contributed by atoms with Crippen LogP contribution in [0, 0.1) is 0 Å². The zero-order valence-corrected chi connectivity index (χ0v) is 7.26. The maximum Gasteiger partial charge on any atom is 0.159 e. The Hall–Kier alpha value is 0.460. The molecular formula is C4H4BrNS2. The summed E-state index contributed by atoms with van der Waals surface area (Å²) in [6, 6.07) is 0. The van der Waals surface area contributed by atoms with Crippen molar-refractivity contribution in [3.05, 3.63) is 15.0 Å². The fourth-order valence-corrected chi connectivity index (χ4v) is 1.85. The smallest absolute Gasteiger partial charge is 0.159 e. The van der Waals surface area contributed by atoms with E-state index in [1.165, 1.54) is 4.88 Å². The molecule has 0 spiro atoms. The monoisotopic (exact) mass is 209 g/mol. The summed E-state index contributed by atoms with van der Waals surface area (Å²) < 4.78 is 0.932. The Labute approximate surface area is 65.7 Å². The van der Waals surface area contributed by atoms with E-state index >= 15 is 0 Å². The Morgan fingerprint density at radius 2 is 2.62 bits per heavy atom. The highest BCUT2D eigenvalue weighted by atomic mass is 79.9. The molecule has 0 aliphatic heterocycles. The minimum atomic E-state index is 0.781. The number of rotatable bonds is 1. The van der Waals surface area contributed by atoms with Crippen molar-refractivity contribution in [1.29, 1.82) is 0 Å². The van der Waals surface area contributed by atoms with E-state index in [0.717, 1.165) is 9.67 Å². The van der Waals surface area contributed by atoms with Crippen molar-refractivity contribution >= 4 is 39.9 Å². The number of hydrogen-bond acceptors (Lipinski definition) is 3. The van der Waals surface area contributed by atoms with Gasteiger partial charge in [-0.1, -0.05) is 0 Å². The van der Waals surface area contributed by atoms with Gasteiger partial charge in [0.1, 0.15) is 0 Å². The van der Waals surface area contributed by atoms with Crippen LogP contribution in [0.15, 0.2) is 10.1 Å². The molecule has 44 valence electrons. The van der Waals surface area contributed by atoms with Crippen molar-refractivity contribution in [3.8, 4) is 0 Å². The molecule has 1 rings (SSSR count). The van der Waals surface area contributed by atoms with E-state index in [0.29, 0.717) is 0 Å². The van der Waals surface area contributed by atoms with Gasteiger partial charge in [-0.05, 0) is 15.9 Å². The van der Waals surface area contributed by atoms with Crippen molar-refractivity contribution in [2.75, 3.05) is 0 Å². The molecule has 0 N–H and O–H groups in total. The Bertz CT molecular complexity index is 174. The lowest BCUT2D eigenvalue weighted by molar-refractivity contribution is 1.34. The van der Waals surface area contributed by atoms with E-state index in [4.69, 9.17) is 0 Å². The van der Waals surface area contributed by atoms with Gasteiger partial charge in [0.2, 0.25) is 0 Å². The van der Waals surface area contributed by atoms with Crippen LogP contribution < -0.4 is 0 Å². The van der Waals surface area contributed by atoms with Crippen molar-refractivity contribution < 1.29 is 0 Å². The van der Waals surface area contributed by atoms with Crippen LogP contribution >= 0.6 is 39.9 Å². The Morgan fingerprint density at radius 1 is 1.88 bits per heavy atom. The van der Waals surface area contributed by atoms with E-state index in [9.17, 15) is 0 Å². The molecular weight excluding hydrogens is 206 g/mol. The molecule has 0 unspecified atom stereocenters. The summed E-state index contributed by atoms with van der Waals surface area (Å²) in [5.74, 6) is 0.781. The van der Waals surface area contributed by atoms with Crippen molar-refractivity contribution in [2.45, 2.75) is 5.75 Å². The Kier molecular flexibility index (Phi) is 2.34. The van der Waals surface area contributed by atoms with Gasteiger partial charge in [0.25, 0.3) is 0 Å². The first-order valence-electron chi connectivity index (χ1n) is 2.04. The SMILES string of the molecule is SCc1cnc(Br)s1. The van der Waals surface area contributed by atoms with Gasteiger partial charge in [-0.15, -0.1) is 11.3 Å². The van der Waals surface area contributed by atoms with Gasteiger partial charge in [-0.3, -0.25) is 0 Å². The third-order valence-electron chi connectivity index (χ3n) is 0.681. The molecule has 1 aromatic heterocycles. The lowest BCUT2D eigenvalue weighted by atomic mass is 10.6. The van der Waals surface area contributed by atoms with Gasteiger partial charge < -0.3 is 0 Å². The van der Waals surface area contributed by atoms with Gasteiger partial charge >= 0.3 is 0 Å². The second-order valence-electron chi connectivity index (χ2n) is 1.24. The molecule has 1 nitrogen and oxygen atoms in total. The Balaban J connectivity index is 2.84. The van der Waals surface area contributed by atoms with Gasteiger partial charge in [-0.25, -0.2) is 4.98 Å². The number of hydrogen-bond donors (Lipinski definition) is 1. The zero-order valence-electron chi connectivity index (χ0n) is 3.97. The van der Waals surface area contributed by atoms with Crippen LogP contribution in [0.4, 0.5) is 0 Å². The maximum absolute atomic E-state index is 4.07. The predicted molar refractivity (Wildman–Crippen MR) is 42.5 cm³/mol. The molecule has 8 heavy (non-hydrogen) atoms. The lowest BCUT2D eigenvalue weighted by Crippen LogP contribution is -1.60. The van der Waals surface area contributed by atoms with Gasteiger partial charge in [0.05, 0.1) is 0 Å². The van der Waals surface area contributed by atoms with Crippen LogP contribution in [0.25, 0.3) is 0 Å². The fraction of sp³-hybridized carbons (Fsp3) is 0.250. The topological polar surface area (TPSA) is 12.9 Å². The highest BCUT2D eigenvalue weighted by Crippen LogP contribution is 2.19. The Morgan fingerprint density at radius 3 is 2.88 bits per heavy atom. The summed E-state index contributed by atoms with van der Waals surface area (Å²) in [6.07, 6.45) is 1.82. The summed E-state index contributed by atoms with van der Waals surface area (Å²) in [5, 5.41) is 0. The van der Waals surface area contributed by atoms with Gasteiger partial charge in [-0.2, -0.15) is 12.6 Å². The van der Waals surface area contributed by atoms with E-state index in [1.54, 1.807) is 11.3 Å². The van der Waals surface area contributed by atoms with Gasteiger partial charge in [0, 0.05) is 16.8 Å². The first-order chi connectivity index (χ1) is 3.83. The number of thiol groups is 1. The van der Waals surface area contributed by atoms with E-state index in [-0.39, 0.29) is 0 Å². The van der Waals surface area contributed by atoms with Crippen LogP contribution in [-0.2, 0) is 5.75 Å². The highest BCUT2D eigenvalue weighted by Gasteiger charge is 1.93. The van der Waals surface area contributed by atoms with Crippen molar-refractivity contribution in [2.24, 2.45) is 0 Å². The van der Waals surface area contributed by atoms with Crippen molar-refractivity contribution in [3.63, 3.8) is 0 Å². The van der Waals surface area contributed by atoms with Crippen molar-refractivity contribution in [1.82, 2.24) is 4.98 Å². The third kappa shape index (κ3) is 1.47. The van der Waals surface area contributed by atoms with Crippen LogP contribution in [0.5, 0.6) is 0 Å². The maximum atomic E-state index is 4.07. The first-order valence-corrected chi connectivity index (χ1v) is 4.28. The van der Waals surface area contributed by atoms with Gasteiger partial charge in [0.15, 0.2) is 3.92 Å². The van der Waals surface area contributed by atoms with Crippen LogP contribution in [0.1, 0.15) is 4.88 Å². The first kappa shape index (κ1) is 6.58. The largest absolute Gasteiger partial charge is 0.237 e. The highest BCUT2D eigenvalue weighted by molar-refractivity contribution is 9.11. The van der Waals surface area contributed by atoms with E-state index in [2.05, 4.69) is 33.5 Å². The second kappa shape index (κ2) is 2.85. The molecule has 0 bridgehead atoms. The average Bonchev–Trinajstić information content (AvgIpc) is 2.14. The predicted octanol–water partition coefficient (Wildman–Crippen LogP) is 2.34. The molecule has 0 aliphatic carbocycles. The molecule has 4 heteroatoms. The minimum absolute atomic E-state index is 0.781. The molecule has 0 radical (unpaired) electrons.